The Balaban J connectivity index is 0.896. The monoisotopic (exact) mass is 1020 g/mol. The van der Waals surface area contributed by atoms with Crippen LogP contribution in [0.5, 0.6) is 0 Å². The van der Waals surface area contributed by atoms with Gasteiger partial charge in [0.2, 0.25) is 0 Å². The second-order valence-electron chi connectivity index (χ2n) is 21.4. The predicted octanol–water partition coefficient (Wildman–Crippen LogP) is 19.8. The van der Waals surface area contributed by atoms with Crippen molar-refractivity contribution in [3.63, 3.8) is 0 Å². The van der Waals surface area contributed by atoms with Crippen molar-refractivity contribution >= 4 is 0 Å². The highest BCUT2D eigenvalue weighted by Crippen LogP contribution is 2.61. The molecule has 3 heterocycles. The molecule has 1 saturated carbocycles. The zero-order chi connectivity index (χ0) is 52.9. The van der Waals surface area contributed by atoms with Crippen LogP contribution in [0.4, 0.5) is 0 Å². The van der Waals surface area contributed by atoms with E-state index in [1.54, 1.807) is 0 Å². The Bertz CT molecular complexity index is 4170. The maximum Gasteiger partial charge on any atom is 0.0708 e. The van der Waals surface area contributed by atoms with Gasteiger partial charge in [0, 0.05) is 57.9 Å². The standard InChI is InChI=1S/C77H53N3/c1-4-16-50(17-5-1)51-28-30-52(31-29-51)72-46-76(56-34-39-70-71(45-56)53-32-37-68-69(38-33-53)77(68)70)80-49-73(72)67-27-15-14-26-66(67)61-43-59(64-24-12-10-22-62(64)57-35-40-74(78-47-57)54-18-6-2-7-19-54)42-60(44-61)65-25-13-11-23-63(65)58-36-41-75(79-48-58)55-20-8-3-9-21-55/h1-49,53,68-69,77H. The number of aromatic nitrogens is 3. The molecule has 4 aliphatic rings. The molecule has 80 heavy (non-hydrogen) atoms. The Morgan fingerprint density at radius 2 is 0.613 bits per heavy atom. The summed E-state index contributed by atoms with van der Waals surface area (Å²) in [4.78, 5) is 15.4. The molecule has 3 aromatic heterocycles. The lowest BCUT2D eigenvalue weighted by atomic mass is 9.85. The minimum Gasteiger partial charge on any atom is -0.256 e. The Kier molecular flexibility index (Phi) is 11.8. The zero-order valence-electron chi connectivity index (χ0n) is 43.9. The molecule has 3 nitrogen and oxygen atoms in total. The number of rotatable bonds is 11. The molecular weight excluding hydrogens is 967 g/mol. The van der Waals surface area contributed by atoms with Crippen LogP contribution in [0.2, 0.25) is 0 Å². The first-order valence-electron chi connectivity index (χ1n) is 27.8. The molecular formula is C77H53N3. The first-order valence-corrected chi connectivity index (χ1v) is 27.8. The van der Waals surface area contributed by atoms with E-state index in [0.29, 0.717) is 17.8 Å². The second kappa shape index (κ2) is 20.0. The maximum absolute atomic E-state index is 5.40. The molecule has 376 valence electrons. The first kappa shape index (κ1) is 47.1. The average Bonchev–Trinajstić information content (AvgIpc) is 4.53. The minimum absolute atomic E-state index is 0.286. The van der Waals surface area contributed by atoms with Crippen LogP contribution in [0.1, 0.15) is 23.0 Å². The lowest BCUT2D eigenvalue weighted by Crippen LogP contribution is -1.98. The molecule has 12 aromatic rings. The van der Waals surface area contributed by atoms with E-state index in [2.05, 4.69) is 273 Å². The number of pyridine rings is 3. The van der Waals surface area contributed by atoms with Crippen LogP contribution in [-0.4, -0.2) is 15.0 Å². The number of allylic oxidation sites excluding steroid dienone is 4. The van der Waals surface area contributed by atoms with E-state index in [9.17, 15) is 0 Å². The van der Waals surface area contributed by atoms with Crippen LogP contribution in [0.25, 0.3) is 123 Å². The van der Waals surface area contributed by atoms with Crippen molar-refractivity contribution in [2.45, 2.75) is 11.8 Å². The number of nitrogens with zero attached hydrogens (tertiary/aromatic N) is 3. The summed E-state index contributed by atoms with van der Waals surface area (Å²) < 4.78 is 0. The first-order chi connectivity index (χ1) is 39.6. The molecule has 0 saturated heterocycles. The van der Waals surface area contributed by atoms with E-state index in [4.69, 9.17) is 15.0 Å². The van der Waals surface area contributed by atoms with Gasteiger partial charge in [-0.2, -0.15) is 0 Å². The van der Waals surface area contributed by atoms with Crippen molar-refractivity contribution < 1.29 is 0 Å². The third kappa shape index (κ3) is 8.70. The predicted molar refractivity (Wildman–Crippen MR) is 330 cm³/mol. The van der Waals surface area contributed by atoms with E-state index < -0.39 is 0 Å². The van der Waals surface area contributed by atoms with Gasteiger partial charge in [-0.3, -0.25) is 15.0 Å². The number of hydrogen-bond acceptors (Lipinski definition) is 3. The number of benzene rings is 9. The van der Waals surface area contributed by atoms with Gasteiger partial charge in [-0.05, 0) is 144 Å². The van der Waals surface area contributed by atoms with Crippen LogP contribution in [-0.2, 0) is 0 Å². The fourth-order valence-electron chi connectivity index (χ4n) is 12.6. The lowest BCUT2D eigenvalue weighted by Gasteiger charge is -2.19. The van der Waals surface area contributed by atoms with Crippen molar-refractivity contribution in [1.82, 2.24) is 15.0 Å². The molecule has 0 N–H and O–H groups in total. The second-order valence-corrected chi connectivity index (χ2v) is 21.4. The van der Waals surface area contributed by atoms with E-state index in [0.717, 1.165) is 112 Å². The summed E-state index contributed by atoms with van der Waals surface area (Å²) in [6, 6.07) is 92.0. The Hall–Kier alpha value is -10.1. The summed E-state index contributed by atoms with van der Waals surface area (Å²) in [6.45, 7) is 0. The van der Waals surface area contributed by atoms with E-state index >= 15 is 0 Å². The van der Waals surface area contributed by atoms with Gasteiger partial charge < -0.3 is 0 Å². The summed E-state index contributed by atoms with van der Waals surface area (Å²) >= 11 is 0. The summed E-state index contributed by atoms with van der Waals surface area (Å²) in [6.07, 6.45) is 15.9. The third-order valence-electron chi connectivity index (χ3n) is 16.7. The normalized spacial score (nSPS) is 16.4. The molecule has 4 bridgehead atoms. The zero-order valence-corrected chi connectivity index (χ0v) is 43.9. The van der Waals surface area contributed by atoms with Gasteiger partial charge in [-0.15, -0.1) is 0 Å². The van der Waals surface area contributed by atoms with Crippen molar-refractivity contribution in [2.75, 3.05) is 0 Å². The van der Waals surface area contributed by atoms with Gasteiger partial charge in [-0.1, -0.05) is 237 Å². The van der Waals surface area contributed by atoms with Gasteiger partial charge >= 0.3 is 0 Å². The molecule has 4 aliphatic carbocycles. The van der Waals surface area contributed by atoms with Crippen LogP contribution >= 0.6 is 0 Å². The van der Waals surface area contributed by atoms with E-state index in [1.807, 2.05) is 24.5 Å². The fourth-order valence-corrected chi connectivity index (χ4v) is 12.6. The summed E-state index contributed by atoms with van der Waals surface area (Å²) in [5.41, 5.74) is 26.9. The van der Waals surface area contributed by atoms with Gasteiger partial charge in [0.1, 0.15) is 0 Å². The lowest BCUT2D eigenvalue weighted by molar-refractivity contribution is 1.00. The smallest absolute Gasteiger partial charge is 0.0708 e. The molecule has 0 spiro atoms. The van der Waals surface area contributed by atoms with Crippen LogP contribution in [0.15, 0.2) is 298 Å². The molecule has 3 heteroatoms. The van der Waals surface area contributed by atoms with Crippen LogP contribution in [0.3, 0.4) is 0 Å². The fraction of sp³-hybridized carbons (Fsp3) is 0.0519. The Morgan fingerprint density at radius 1 is 0.212 bits per heavy atom. The summed E-state index contributed by atoms with van der Waals surface area (Å²) in [5, 5.41) is 0. The van der Waals surface area contributed by atoms with Crippen molar-refractivity contribution in [2.24, 2.45) is 11.8 Å². The minimum atomic E-state index is 0.286. The van der Waals surface area contributed by atoms with Crippen LogP contribution < -0.4 is 0 Å². The highest BCUT2D eigenvalue weighted by atomic mass is 14.7. The molecule has 16 rings (SSSR count). The average molecular weight is 1020 g/mol. The molecule has 9 aromatic carbocycles. The maximum atomic E-state index is 5.40. The largest absolute Gasteiger partial charge is 0.256 e. The van der Waals surface area contributed by atoms with Gasteiger partial charge in [0.25, 0.3) is 0 Å². The number of hydrogen-bond donors (Lipinski definition) is 0. The van der Waals surface area contributed by atoms with Crippen molar-refractivity contribution in [3.8, 4) is 123 Å². The van der Waals surface area contributed by atoms with Crippen LogP contribution in [0, 0.1) is 11.8 Å². The Labute approximate surface area is 467 Å². The quantitative estimate of drug-likeness (QED) is 0.121. The summed E-state index contributed by atoms with van der Waals surface area (Å²) in [5.74, 6) is 2.11. The molecule has 2 unspecified atom stereocenters. The molecule has 0 radical (unpaired) electrons. The van der Waals surface area contributed by atoms with Gasteiger partial charge in [0.05, 0.1) is 17.1 Å². The van der Waals surface area contributed by atoms with E-state index in [-0.39, 0.29) is 5.92 Å². The molecule has 1 fully saturated rings. The van der Waals surface area contributed by atoms with Crippen molar-refractivity contribution in [3.05, 3.63) is 309 Å². The third-order valence-corrected chi connectivity index (χ3v) is 16.7. The Morgan fingerprint density at radius 3 is 1.11 bits per heavy atom. The molecule has 2 atom stereocenters. The highest BCUT2D eigenvalue weighted by molar-refractivity contribution is 5.97. The van der Waals surface area contributed by atoms with Gasteiger partial charge in [-0.25, -0.2) is 0 Å². The SMILES string of the molecule is C1=CC2C3C=CC1c1cc(-c4cc(-c5ccc(-c6ccccc6)cc5)c(-c5ccccc5-c5cc(-c6ccccc6-c6ccc(-c7ccccc7)nc6)cc(-c6ccccc6-c6ccc(-c7ccccc7)nc6)c5)cn4)ccc1C23. The topological polar surface area (TPSA) is 38.7 Å². The van der Waals surface area contributed by atoms with Crippen molar-refractivity contribution in [1.29, 1.82) is 0 Å². The van der Waals surface area contributed by atoms with E-state index in [1.165, 1.54) is 22.3 Å². The molecule has 0 amide bonds. The highest BCUT2D eigenvalue weighted by Gasteiger charge is 2.51. The van der Waals surface area contributed by atoms with Gasteiger partial charge in [0.15, 0.2) is 0 Å². The summed E-state index contributed by atoms with van der Waals surface area (Å²) in [7, 11) is 0. The molecule has 0 aliphatic heterocycles.